The lowest BCUT2D eigenvalue weighted by atomic mass is 10.2. The summed E-state index contributed by atoms with van der Waals surface area (Å²) in [6.07, 6.45) is 0. The van der Waals surface area contributed by atoms with Gasteiger partial charge in [0.2, 0.25) is 11.7 Å². The number of thiazole rings is 1. The first kappa shape index (κ1) is 22.2. The van der Waals surface area contributed by atoms with Gasteiger partial charge in [0.05, 0.1) is 18.6 Å². The molecular formula is C24H21N5O3S2. The van der Waals surface area contributed by atoms with Gasteiger partial charge in [-0.05, 0) is 19.1 Å². The van der Waals surface area contributed by atoms with E-state index in [9.17, 15) is 4.79 Å². The maximum absolute atomic E-state index is 12.5. The SMILES string of the molecule is CCn1c(SCC(=O)Nc2nc(-c3ccccc3)cs2)nnc1-c1cc2cccc(OC)c2o1. The molecule has 0 fully saturated rings. The molecule has 10 heteroatoms. The quantitative estimate of drug-likeness (QED) is 0.283. The number of methoxy groups -OCH3 is 1. The van der Waals surface area contributed by atoms with Crippen molar-refractivity contribution in [2.45, 2.75) is 18.6 Å². The Morgan fingerprint density at radius 3 is 2.82 bits per heavy atom. The number of aromatic nitrogens is 4. The normalized spacial score (nSPS) is 11.1. The van der Waals surface area contributed by atoms with E-state index in [1.165, 1.54) is 23.1 Å². The highest BCUT2D eigenvalue weighted by molar-refractivity contribution is 7.99. The van der Waals surface area contributed by atoms with E-state index >= 15 is 0 Å². The van der Waals surface area contributed by atoms with Crippen LogP contribution < -0.4 is 10.1 Å². The number of carbonyl (C=O) groups is 1. The zero-order chi connectivity index (χ0) is 23.5. The van der Waals surface area contributed by atoms with Crippen molar-refractivity contribution < 1.29 is 13.9 Å². The van der Waals surface area contributed by atoms with Crippen LogP contribution >= 0.6 is 23.1 Å². The molecule has 0 aliphatic rings. The molecule has 1 amide bonds. The lowest BCUT2D eigenvalue weighted by Gasteiger charge is -2.05. The van der Waals surface area contributed by atoms with Gasteiger partial charge in [0, 0.05) is 22.9 Å². The van der Waals surface area contributed by atoms with Gasteiger partial charge in [0.1, 0.15) is 0 Å². The Balaban J connectivity index is 1.28. The van der Waals surface area contributed by atoms with Gasteiger partial charge in [-0.2, -0.15) is 0 Å². The van der Waals surface area contributed by atoms with Gasteiger partial charge in [0.25, 0.3) is 0 Å². The van der Waals surface area contributed by atoms with Gasteiger partial charge < -0.3 is 14.5 Å². The predicted molar refractivity (Wildman–Crippen MR) is 134 cm³/mol. The second-order valence-corrected chi connectivity index (χ2v) is 9.08. The van der Waals surface area contributed by atoms with Crippen LogP contribution in [0.1, 0.15) is 6.92 Å². The van der Waals surface area contributed by atoms with Gasteiger partial charge in [0.15, 0.2) is 27.4 Å². The third-order valence-electron chi connectivity index (χ3n) is 5.13. The highest BCUT2D eigenvalue weighted by atomic mass is 32.2. The number of ether oxygens (including phenoxy) is 1. The smallest absolute Gasteiger partial charge is 0.236 e. The summed E-state index contributed by atoms with van der Waals surface area (Å²) in [5, 5.41) is 15.5. The number of rotatable bonds is 8. The van der Waals surface area contributed by atoms with E-state index in [-0.39, 0.29) is 11.7 Å². The van der Waals surface area contributed by atoms with Crippen molar-refractivity contribution in [3.05, 3.63) is 60.0 Å². The average Bonchev–Trinajstić information content (AvgIpc) is 3.60. The predicted octanol–water partition coefficient (Wildman–Crippen LogP) is 5.57. The van der Waals surface area contributed by atoms with Crippen LogP contribution in [-0.2, 0) is 11.3 Å². The lowest BCUT2D eigenvalue weighted by Crippen LogP contribution is -2.14. The molecule has 172 valence electrons. The summed E-state index contributed by atoms with van der Waals surface area (Å²) >= 11 is 2.72. The Morgan fingerprint density at radius 1 is 1.18 bits per heavy atom. The Labute approximate surface area is 204 Å². The summed E-state index contributed by atoms with van der Waals surface area (Å²) < 4.78 is 13.4. The number of carbonyl (C=O) groups excluding carboxylic acids is 1. The number of hydrogen-bond donors (Lipinski definition) is 1. The molecule has 0 unspecified atom stereocenters. The maximum atomic E-state index is 12.5. The number of furan rings is 1. The zero-order valence-corrected chi connectivity index (χ0v) is 20.2. The maximum Gasteiger partial charge on any atom is 0.236 e. The summed E-state index contributed by atoms with van der Waals surface area (Å²) in [6, 6.07) is 17.5. The molecule has 0 aliphatic heterocycles. The van der Waals surface area contributed by atoms with Crippen molar-refractivity contribution in [3.8, 4) is 28.6 Å². The molecule has 5 aromatic rings. The van der Waals surface area contributed by atoms with Crippen LogP contribution in [0.2, 0.25) is 0 Å². The van der Waals surface area contributed by atoms with E-state index in [1.54, 1.807) is 7.11 Å². The van der Waals surface area contributed by atoms with Crippen LogP contribution in [0.5, 0.6) is 5.75 Å². The second kappa shape index (κ2) is 9.70. The number of anilines is 1. The van der Waals surface area contributed by atoms with Gasteiger partial charge in [-0.15, -0.1) is 21.5 Å². The van der Waals surface area contributed by atoms with E-state index < -0.39 is 0 Å². The van der Waals surface area contributed by atoms with Crippen LogP contribution in [-0.4, -0.2) is 38.5 Å². The number of para-hydroxylation sites is 1. The Kier molecular flexibility index (Phi) is 6.33. The first-order valence-electron chi connectivity index (χ1n) is 10.6. The lowest BCUT2D eigenvalue weighted by molar-refractivity contribution is -0.113. The van der Waals surface area contributed by atoms with E-state index in [0.29, 0.717) is 39.7 Å². The molecule has 0 spiro atoms. The third kappa shape index (κ3) is 4.42. The highest BCUT2D eigenvalue weighted by Gasteiger charge is 2.19. The van der Waals surface area contributed by atoms with Crippen LogP contribution in [0.4, 0.5) is 5.13 Å². The van der Waals surface area contributed by atoms with Crippen molar-refractivity contribution >= 4 is 45.1 Å². The fourth-order valence-corrected chi connectivity index (χ4v) is 5.07. The Morgan fingerprint density at radius 2 is 2.03 bits per heavy atom. The number of fused-ring (bicyclic) bond motifs is 1. The molecule has 0 saturated carbocycles. The van der Waals surface area contributed by atoms with E-state index in [2.05, 4.69) is 20.5 Å². The molecule has 34 heavy (non-hydrogen) atoms. The van der Waals surface area contributed by atoms with Crippen molar-refractivity contribution in [1.82, 2.24) is 19.7 Å². The fourth-order valence-electron chi connectivity index (χ4n) is 3.53. The first-order chi connectivity index (χ1) is 16.7. The summed E-state index contributed by atoms with van der Waals surface area (Å²) in [6.45, 7) is 2.63. The molecule has 0 aliphatic carbocycles. The van der Waals surface area contributed by atoms with Crippen LogP contribution in [0, 0.1) is 0 Å². The standard InChI is InChI=1S/C24H21N5O3S2/c1-3-29-22(19-12-16-10-7-11-18(31-2)21(16)32-19)27-28-24(29)34-14-20(30)26-23-25-17(13-33-23)15-8-5-4-6-9-15/h4-13H,3,14H2,1-2H3,(H,25,26,30). The second-order valence-electron chi connectivity index (χ2n) is 7.28. The van der Waals surface area contributed by atoms with E-state index in [1.807, 2.05) is 71.5 Å². The highest BCUT2D eigenvalue weighted by Crippen LogP contribution is 2.34. The topological polar surface area (TPSA) is 95.1 Å². The zero-order valence-electron chi connectivity index (χ0n) is 18.5. The molecule has 1 N–H and O–H groups in total. The minimum Gasteiger partial charge on any atom is -0.493 e. The molecule has 0 saturated heterocycles. The first-order valence-corrected chi connectivity index (χ1v) is 12.5. The molecule has 5 rings (SSSR count). The minimum atomic E-state index is -0.153. The largest absolute Gasteiger partial charge is 0.493 e. The average molecular weight is 492 g/mol. The molecule has 3 heterocycles. The fraction of sp³-hybridized carbons (Fsp3) is 0.167. The molecule has 3 aromatic heterocycles. The minimum absolute atomic E-state index is 0.153. The van der Waals surface area contributed by atoms with Crippen molar-refractivity contribution in [2.24, 2.45) is 0 Å². The Bertz CT molecular complexity index is 1440. The Hall–Kier alpha value is -3.63. The third-order valence-corrected chi connectivity index (χ3v) is 6.86. The summed E-state index contributed by atoms with van der Waals surface area (Å²) in [5.74, 6) is 1.90. The summed E-state index contributed by atoms with van der Waals surface area (Å²) in [5.41, 5.74) is 2.52. The van der Waals surface area contributed by atoms with E-state index in [0.717, 1.165) is 16.6 Å². The molecule has 0 bridgehead atoms. The van der Waals surface area contributed by atoms with Gasteiger partial charge in [-0.3, -0.25) is 9.36 Å². The number of amides is 1. The molecular weight excluding hydrogens is 470 g/mol. The molecule has 8 nitrogen and oxygen atoms in total. The van der Waals surface area contributed by atoms with E-state index in [4.69, 9.17) is 9.15 Å². The number of nitrogens with one attached hydrogen (secondary N) is 1. The summed E-state index contributed by atoms with van der Waals surface area (Å²) in [4.78, 5) is 17.1. The van der Waals surface area contributed by atoms with Crippen LogP contribution in [0.3, 0.4) is 0 Å². The number of benzene rings is 2. The number of hydrogen-bond acceptors (Lipinski definition) is 8. The monoisotopic (exact) mass is 491 g/mol. The summed E-state index contributed by atoms with van der Waals surface area (Å²) in [7, 11) is 1.61. The van der Waals surface area contributed by atoms with Crippen molar-refractivity contribution in [2.75, 3.05) is 18.2 Å². The van der Waals surface area contributed by atoms with Gasteiger partial charge in [-0.1, -0.05) is 54.2 Å². The van der Waals surface area contributed by atoms with Crippen molar-refractivity contribution in [3.63, 3.8) is 0 Å². The molecule has 0 atom stereocenters. The van der Waals surface area contributed by atoms with Crippen LogP contribution in [0.15, 0.2) is 69.6 Å². The molecule has 2 aromatic carbocycles. The number of nitrogens with zero attached hydrogens (tertiary/aromatic N) is 4. The van der Waals surface area contributed by atoms with Crippen molar-refractivity contribution in [1.29, 1.82) is 0 Å². The van der Waals surface area contributed by atoms with Gasteiger partial charge in [-0.25, -0.2) is 4.98 Å². The molecule has 0 radical (unpaired) electrons. The van der Waals surface area contributed by atoms with Crippen LogP contribution in [0.25, 0.3) is 33.8 Å². The number of thioether (sulfide) groups is 1. The van der Waals surface area contributed by atoms with Gasteiger partial charge >= 0.3 is 0 Å².